The summed E-state index contributed by atoms with van der Waals surface area (Å²) >= 11 is -2.31. The zero-order valence-corrected chi connectivity index (χ0v) is 10.9. The first-order chi connectivity index (χ1) is 4.39. The van der Waals surface area contributed by atoms with E-state index in [-0.39, 0.29) is 5.97 Å². The molecule has 0 spiro atoms. The standard InChI is InChI=1S/C4H5O2.3CH3.Pb/c1-3-4(5)6-2;;;;/h1H2,2H3;3*1H3;. The third-order valence-corrected chi connectivity index (χ3v) is 9.17. The van der Waals surface area contributed by atoms with Crippen molar-refractivity contribution < 1.29 is 9.53 Å². The minimum absolute atomic E-state index is 0.228. The van der Waals surface area contributed by atoms with Gasteiger partial charge in [-0.1, -0.05) is 0 Å². The summed E-state index contributed by atoms with van der Waals surface area (Å²) < 4.78 is 11.7. The van der Waals surface area contributed by atoms with Crippen molar-refractivity contribution >= 4 is 27.1 Å². The summed E-state index contributed by atoms with van der Waals surface area (Å²) in [7, 11) is 1.40. The van der Waals surface area contributed by atoms with Gasteiger partial charge < -0.3 is 0 Å². The molecule has 0 bridgehead atoms. The van der Waals surface area contributed by atoms with E-state index in [2.05, 4.69) is 24.8 Å². The van der Waals surface area contributed by atoms with Gasteiger partial charge in [-0.05, 0) is 0 Å². The Morgan fingerprint density at radius 3 is 1.90 bits per heavy atom. The van der Waals surface area contributed by atoms with Crippen molar-refractivity contribution in [1.29, 1.82) is 0 Å². The molecule has 0 aliphatic heterocycles. The van der Waals surface area contributed by atoms with Crippen molar-refractivity contribution in [2.75, 3.05) is 7.11 Å². The van der Waals surface area contributed by atoms with E-state index in [0.717, 1.165) is 3.13 Å². The SMILES string of the molecule is C=[C](C(=O)OC)[Pb]([CH3])([CH3])[CH3]. The Hall–Kier alpha value is 0.132. The normalized spacial score (nSPS) is 10.8. The minimum atomic E-state index is -2.31. The predicted octanol–water partition coefficient (Wildman–Crippen LogP) is 1.59. The maximum absolute atomic E-state index is 10.9. The number of methoxy groups -OCH3 is 1. The van der Waals surface area contributed by atoms with E-state index in [9.17, 15) is 4.79 Å². The summed E-state index contributed by atoms with van der Waals surface area (Å²) in [6, 6.07) is 0. The van der Waals surface area contributed by atoms with Gasteiger partial charge in [0.05, 0.1) is 0 Å². The van der Waals surface area contributed by atoms with Gasteiger partial charge in [0.15, 0.2) is 0 Å². The molecular formula is C7H14O2Pb. The molecule has 10 heavy (non-hydrogen) atoms. The number of esters is 1. The number of carbonyl (C=O) groups is 1. The topological polar surface area (TPSA) is 26.3 Å². The Bertz CT molecular complexity index is 155. The van der Waals surface area contributed by atoms with Crippen LogP contribution in [0.25, 0.3) is 0 Å². The maximum atomic E-state index is 10.9. The molecule has 2 nitrogen and oxygen atoms in total. The molecule has 0 aromatic carbocycles. The first-order valence-corrected chi connectivity index (χ1v) is 16.8. The molecule has 0 aliphatic rings. The van der Waals surface area contributed by atoms with Gasteiger partial charge in [-0.25, -0.2) is 0 Å². The molecular weight excluding hydrogens is 323 g/mol. The number of hydrogen-bond acceptors (Lipinski definition) is 2. The first-order valence-electron chi connectivity index (χ1n) is 3.17. The van der Waals surface area contributed by atoms with E-state index >= 15 is 0 Å². The molecule has 0 atom stereocenters. The zero-order chi connectivity index (χ0) is 8.36. The van der Waals surface area contributed by atoms with Crippen LogP contribution in [0.15, 0.2) is 9.71 Å². The van der Waals surface area contributed by atoms with Gasteiger partial charge in [-0.2, -0.15) is 0 Å². The second-order valence-electron chi connectivity index (χ2n) is 3.22. The van der Waals surface area contributed by atoms with Gasteiger partial charge in [0.25, 0.3) is 0 Å². The summed E-state index contributed by atoms with van der Waals surface area (Å²) in [5, 5.41) is 0. The van der Waals surface area contributed by atoms with Crippen molar-refractivity contribution in [2.45, 2.75) is 13.4 Å². The van der Waals surface area contributed by atoms with Crippen molar-refractivity contribution in [2.24, 2.45) is 0 Å². The number of ether oxygens (including phenoxy) is 1. The van der Waals surface area contributed by atoms with Gasteiger partial charge in [0.2, 0.25) is 0 Å². The molecule has 0 aliphatic carbocycles. The van der Waals surface area contributed by atoms with Crippen LogP contribution in [0, 0.1) is 0 Å². The van der Waals surface area contributed by atoms with Crippen LogP contribution in [0.5, 0.6) is 0 Å². The second kappa shape index (κ2) is 3.50. The van der Waals surface area contributed by atoms with E-state index < -0.39 is 21.2 Å². The predicted molar refractivity (Wildman–Crippen MR) is 44.5 cm³/mol. The molecule has 0 aromatic heterocycles. The van der Waals surface area contributed by atoms with Crippen LogP contribution in [0.3, 0.4) is 0 Å². The van der Waals surface area contributed by atoms with E-state index in [4.69, 9.17) is 0 Å². The van der Waals surface area contributed by atoms with Gasteiger partial charge >= 0.3 is 66.9 Å². The fourth-order valence-electron chi connectivity index (χ4n) is 0.429. The van der Waals surface area contributed by atoms with E-state index in [1.165, 1.54) is 7.11 Å². The molecule has 0 heterocycles. The molecule has 0 N–H and O–H groups in total. The summed E-state index contributed by atoms with van der Waals surface area (Å²) in [6.07, 6.45) is 0. The fourth-order valence-corrected chi connectivity index (χ4v) is 3.21. The third-order valence-electron chi connectivity index (χ3n) is 1.34. The van der Waals surface area contributed by atoms with Crippen LogP contribution in [0.1, 0.15) is 0 Å². The summed E-state index contributed by atoms with van der Waals surface area (Å²) in [4.78, 5) is 10.9. The second-order valence-corrected chi connectivity index (χ2v) is 23.1. The van der Waals surface area contributed by atoms with Crippen molar-refractivity contribution in [3.8, 4) is 0 Å². The third kappa shape index (κ3) is 2.81. The van der Waals surface area contributed by atoms with Crippen molar-refractivity contribution in [1.82, 2.24) is 0 Å². The number of rotatable bonds is 2. The van der Waals surface area contributed by atoms with Crippen LogP contribution in [0.2, 0.25) is 13.4 Å². The Balaban J connectivity index is 4.24. The Morgan fingerprint density at radius 2 is 1.80 bits per heavy atom. The van der Waals surface area contributed by atoms with Crippen LogP contribution < -0.4 is 0 Å². The summed E-state index contributed by atoms with van der Waals surface area (Å²) in [6.45, 7) is 3.72. The molecule has 0 amide bonds. The molecule has 0 radical (unpaired) electrons. The van der Waals surface area contributed by atoms with Gasteiger partial charge in [-0.3, -0.25) is 0 Å². The van der Waals surface area contributed by atoms with E-state index in [1.807, 2.05) is 0 Å². The molecule has 58 valence electrons. The summed E-state index contributed by atoms with van der Waals surface area (Å²) in [5.41, 5.74) is 0. The van der Waals surface area contributed by atoms with Crippen LogP contribution in [-0.2, 0) is 9.53 Å². The van der Waals surface area contributed by atoms with Crippen molar-refractivity contribution in [3.63, 3.8) is 0 Å². The summed E-state index contributed by atoms with van der Waals surface area (Å²) in [5.74, 6) is -0.228. The van der Waals surface area contributed by atoms with E-state index in [1.54, 1.807) is 0 Å². The molecule has 0 fully saturated rings. The van der Waals surface area contributed by atoms with Crippen LogP contribution in [0.4, 0.5) is 0 Å². The molecule has 0 aromatic rings. The Labute approximate surface area is 66.9 Å². The average molecular weight is 337 g/mol. The molecule has 0 saturated heterocycles. The molecule has 0 unspecified atom stereocenters. The molecule has 0 saturated carbocycles. The van der Waals surface area contributed by atoms with Crippen molar-refractivity contribution in [3.05, 3.63) is 9.71 Å². The van der Waals surface area contributed by atoms with Gasteiger partial charge in [-0.15, -0.1) is 0 Å². The van der Waals surface area contributed by atoms with Gasteiger partial charge in [0, 0.05) is 0 Å². The Kier molecular flexibility index (Phi) is 3.55. The average Bonchev–Trinajstić information content (AvgIpc) is 1.83. The molecule has 3 heteroatoms. The van der Waals surface area contributed by atoms with Crippen LogP contribution in [-0.4, -0.2) is 34.3 Å². The van der Waals surface area contributed by atoms with Gasteiger partial charge in [0.1, 0.15) is 0 Å². The zero-order valence-electron chi connectivity index (χ0n) is 7.02. The first kappa shape index (κ1) is 10.1. The number of carbonyl (C=O) groups excluding carboxylic acids is 1. The fraction of sp³-hybridized carbons (Fsp3) is 0.571. The molecule has 0 rings (SSSR count). The Morgan fingerprint density at radius 1 is 1.40 bits per heavy atom. The van der Waals surface area contributed by atoms with Crippen LogP contribution >= 0.6 is 0 Å². The van der Waals surface area contributed by atoms with E-state index in [0.29, 0.717) is 0 Å². The monoisotopic (exact) mass is 338 g/mol. The quantitative estimate of drug-likeness (QED) is 0.435. The number of hydrogen-bond donors (Lipinski definition) is 0.